The van der Waals surface area contributed by atoms with Crippen LogP contribution >= 0.6 is 35.0 Å². The third-order valence-corrected chi connectivity index (χ3v) is 6.72. The predicted octanol–water partition coefficient (Wildman–Crippen LogP) is 6.09. The minimum Gasteiger partial charge on any atom is -0.354 e. The highest BCUT2D eigenvalue weighted by Crippen LogP contribution is 2.27. The molecule has 0 unspecified atom stereocenters. The smallest absolute Gasteiger partial charge is 0.242 e. The standard InChI is InChI=1S/C24H29Cl2FN2O2S/c1-3-5-13-28-24(31)22(4-2)29(14-18-19(25)10-8-11-20(18)26)23(30)16-32-15-17-9-6-7-12-21(17)27/h6-12,22H,3-5,13-16H2,1-2H3,(H,28,31)/t22-/m0/s1. The van der Waals surface area contributed by atoms with Crippen molar-refractivity contribution in [3.05, 3.63) is 69.5 Å². The number of halogens is 3. The number of amides is 2. The molecule has 0 fully saturated rings. The number of rotatable bonds is 12. The number of nitrogens with one attached hydrogen (secondary N) is 1. The Hall–Kier alpha value is -1.76. The van der Waals surface area contributed by atoms with Gasteiger partial charge in [-0.25, -0.2) is 4.39 Å². The molecule has 1 N–H and O–H groups in total. The van der Waals surface area contributed by atoms with Gasteiger partial charge in [-0.3, -0.25) is 9.59 Å². The van der Waals surface area contributed by atoms with Crippen LogP contribution in [0.25, 0.3) is 0 Å². The van der Waals surface area contributed by atoms with Gasteiger partial charge in [0.15, 0.2) is 0 Å². The number of hydrogen-bond acceptors (Lipinski definition) is 3. The van der Waals surface area contributed by atoms with Crippen LogP contribution in [0.15, 0.2) is 42.5 Å². The van der Waals surface area contributed by atoms with Gasteiger partial charge in [-0.15, -0.1) is 11.8 Å². The first-order valence-electron chi connectivity index (χ1n) is 10.7. The molecule has 0 heterocycles. The molecule has 0 bridgehead atoms. The quantitative estimate of drug-likeness (QED) is 0.360. The molecule has 8 heteroatoms. The predicted molar refractivity (Wildman–Crippen MR) is 132 cm³/mol. The molecule has 2 rings (SSSR count). The summed E-state index contributed by atoms with van der Waals surface area (Å²) in [5.41, 5.74) is 1.14. The van der Waals surface area contributed by atoms with Gasteiger partial charge in [-0.1, -0.05) is 67.7 Å². The minimum atomic E-state index is -0.652. The molecule has 0 aromatic heterocycles. The van der Waals surface area contributed by atoms with Crippen LogP contribution < -0.4 is 5.32 Å². The van der Waals surface area contributed by atoms with Crippen molar-refractivity contribution in [1.29, 1.82) is 0 Å². The van der Waals surface area contributed by atoms with Crippen LogP contribution in [-0.2, 0) is 21.9 Å². The van der Waals surface area contributed by atoms with E-state index in [4.69, 9.17) is 23.2 Å². The number of carbonyl (C=O) groups is 2. The van der Waals surface area contributed by atoms with E-state index < -0.39 is 6.04 Å². The summed E-state index contributed by atoms with van der Waals surface area (Å²) in [6, 6.07) is 11.0. The van der Waals surface area contributed by atoms with Crippen molar-refractivity contribution < 1.29 is 14.0 Å². The Balaban J connectivity index is 2.18. The Morgan fingerprint density at radius 3 is 2.41 bits per heavy atom. The van der Waals surface area contributed by atoms with Crippen LogP contribution in [0.3, 0.4) is 0 Å². The lowest BCUT2D eigenvalue weighted by atomic mass is 10.1. The maximum atomic E-state index is 13.9. The van der Waals surface area contributed by atoms with Gasteiger partial charge in [0.1, 0.15) is 11.9 Å². The summed E-state index contributed by atoms with van der Waals surface area (Å²) in [5.74, 6) is -0.251. The summed E-state index contributed by atoms with van der Waals surface area (Å²) >= 11 is 14.0. The zero-order chi connectivity index (χ0) is 23.5. The minimum absolute atomic E-state index is 0.106. The Morgan fingerprint density at radius 2 is 1.78 bits per heavy atom. The van der Waals surface area contributed by atoms with Gasteiger partial charge in [0.25, 0.3) is 0 Å². The van der Waals surface area contributed by atoms with Gasteiger partial charge in [0.05, 0.1) is 5.75 Å². The van der Waals surface area contributed by atoms with E-state index in [-0.39, 0.29) is 29.9 Å². The highest BCUT2D eigenvalue weighted by molar-refractivity contribution is 7.99. The monoisotopic (exact) mass is 498 g/mol. The lowest BCUT2D eigenvalue weighted by Crippen LogP contribution is -2.49. The summed E-state index contributed by atoms with van der Waals surface area (Å²) in [4.78, 5) is 27.6. The Kier molecular flexibility index (Phi) is 11.4. The summed E-state index contributed by atoms with van der Waals surface area (Å²) in [7, 11) is 0. The first kappa shape index (κ1) is 26.5. The molecule has 2 amide bonds. The van der Waals surface area contributed by atoms with E-state index >= 15 is 0 Å². The Bertz CT molecular complexity index is 893. The van der Waals surface area contributed by atoms with Gasteiger partial charge in [-0.2, -0.15) is 0 Å². The number of unbranched alkanes of at least 4 members (excludes halogenated alkanes) is 1. The fraction of sp³-hybridized carbons (Fsp3) is 0.417. The summed E-state index contributed by atoms with van der Waals surface area (Å²) in [6.45, 7) is 4.59. The number of thioether (sulfide) groups is 1. The van der Waals surface area contributed by atoms with Crippen LogP contribution in [0.5, 0.6) is 0 Å². The number of carbonyl (C=O) groups excluding carboxylic acids is 2. The molecule has 0 spiro atoms. The molecule has 32 heavy (non-hydrogen) atoms. The number of nitrogens with zero attached hydrogens (tertiary/aromatic N) is 1. The van der Waals surface area contributed by atoms with E-state index in [2.05, 4.69) is 5.32 Å². The van der Waals surface area contributed by atoms with Crippen LogP contribution in [0.4, 0.5) is 4.39 Å². The second-order valence-corrected chi connectivity index (χ2v) is 9.17. The summed E-state index contributed by atoms with van der Waals surface area (Å²) in [6.07, 6.45) is 2.27. The summed E-state index contributed by atoms with van der Waals surface area (Å²) < 4.78 is 13.9. The summed E-state index contributed by atoms with van der Waals surface area (Å²) in [5, 5.41) is 3.80. The second-order valence-electron chi connectivity index (χ2n) is 7.37. The molecule has 2 aromatic rings. The van der Waals surface area contributed by atoms with Crippen LogP contribution in [0.2, 0.25) is 10.0 Å². The first-order valence-corrected chi connectivity index (χ1v) is 12.6. The Labute approximate surface area is 203 Å². The van der Waals surface area contributed by atoms with Gasteiger partial charge in [0, 0.05) is 34.5 Å². The number of hydrogen-bond donors (Lipinski definition) is 1. The SMILES string of the molecule is CCCCNC(=O)[C@H](CC)N(Cc1c(Cl)cccc1Cl)C(=O)CSCc1ccccc1F. The van der Waals surface area contributed by atoms with E-state index in [1.165, 1.54) is 22.7 Å². The van der Waals surface area contributed by atoms with E-state index in [1.54, 1.807) is 36.4 Å². The average molecular weight is 499 g/mol. The fourth-order valence-electron chi connectivity index (χ4n) is 3.23. The lowest BCUT2D eigenvalue weighted by molar-refractivity contribution is -0.139. The average Bonchev–Trinajstić information content (AvgIpc) is 2.77. The van der Waals surface area contributed by atoms with Crippen LogP contribution in [0, 0.1) is 5.82 Å². The third kappa shape index (κ3) is 7.68. The van der Waals surface area contributed by atoms with Gasteiger partial charge in [0.2, 0.25) is 11.8 Å². The van der Waals surface area contributed by atoms with Gasteiger partial charge >= 0.3 is 0 Å². The molecule has 0 aliphatic carbocycles. The van der Waals surface area contributed by atoms with Gasteiger partial charge < -0.3 is 10.2 Å². The normalized spacial score (nSPS) is 11.8. The van der Waals surface area contributed by atoms with Crippen molar-refractivity contribution in [2.45, 2.75) is 51.4 Å². The molecule has 0 aliphatic rings. The largest absolute Gasteiger partial charge is 0.354 e. The molecule has 0 radical (unpaired) electrons. The highest BCUT2D eigenvalue weighted by atomic mass is 35.5. The molecule has 1 atom stereocenters. The highest BCUT2D eigenvalue weighted by Gasteiger charge is 2.29. The Morgan fingerprint density at radius 1 is 1.09 bits per heavy atom. The molecule has 0 saturated heterocycles. The fourth-order valence-corrected chi connectivity index (χ4v) is 4.64. The van der Waals surface area contributed by atoms with E-state index in [1.807, 2.05) is 13.8 Å². The number of benzene rings is 2. The van der Waals surface area contributed by atoms with Crippen molar-refractivity contribution in [3.63, 3.8) is 0 Å². The molecule has 4 nitrogen and oxygen atoms in total. The maximum absolute atomic E-state index is 13.9. The van der Waals surface area contributed by atoms with Crippen molar-refractivity contribution in [2.75, 3.05) is 12.3 Å². The van der Waals surface area contributed by atoms with Crippen molar-refractivity contribution in [3.8, 4) is 0 Å². The first-order chi connectivity index (χ1) is 15.4. The van der Waals surface area contributed by atoms with E-state index in [0.717, 1.165) is 12.8 Å². The second kappa shape index (κ2) is 13.7. The molecular weight excluding hydrogens is 470 g/mol. The zero-order valence-electron chi connectivity index (χ0n) is 18.4. The molecule has 174 valence electrons. The van der Waals surface area contributed by atoms with Crippen molar-refractivity contribution in [1.82, 2.24) is 10.2 Å². The van der Waals surface area contributed by atoms with E-state index in [9.17, 15) is 14.0 Å². The zero-order valence-corrected chi connectivity index (χ0v) is 20.7. The van der Waals surface area contributed by atoms with Crippen LogP contribution in [-0.4, -0.2) is 35.1 Å². The molecular formula is C24H29Cl2FN2O2S. The molecule has 0 aliphatic heterocycles. The molecule has 2 aromatic carbocycles. The van der Waals surface area contributed by atoms with Crippen molar-refractivity contribution in [2.24, 2.45) is 0 Å². The van der Waals surface area contributed by atoms with Crippen LogP contribution in [0.1, 0.15) is 44.2 Å². The van der Waals surface area contributed by atoms with Crippen molar-refractivity contribution >= 4 is 46.8 Å². The maximum Gasteiger partial charge on any atom is 0.242 e. The van der Waals surface area contributed by atoms with Gasteiger partial charge in [-0.05, 0) is 36.6 Å². The lowest BCUT2D eigenvalue weighted by Gasteiger charge is -2.31. The molecule has 0 saturated carbocycles. The topological polar surface area (TPSA) is 49.4 Å². The third-order valence-electron chi connectivity index (χ3n) is 5.05. The van der Waals surface area contributed by atoms with E-state index in [0.29, 0.717) is 39.9 Å².